The number of unbranched alkanes of at least 4 members (excludes halogenated alkanes) is 3. The molecule has 0 aromatic heterocycles. The summed E-state index contributed by atoms with van der Waals surface area (Å²) < 4.78 is 25.0. The topological polar surface area (TPSA) is 46.5 Å². The molecule has 0 bridgehead atoms. The third-order valence-corrected chi connectivity index (χ3v) is 6.57. The average Bonchev–Trinajstić information content (AvgIpc) is 3.00. The van der Waals surface area contributed by atoms with Gasteiger partial charge >= 0.3 is 0 Å². The first-order valence-corrected chi connectivity index (χ1v) is 9.84. The summed E-state index contributed by atoms with van der Waals surface area (Å²) in [6.45, 7) is 4.40. The Morgan fingerprint density at radius 3 is 2.52 bits per heavy atom. The van der Waals surface area contributed by atoms with E-state index in [4.69, 9.17) is 0 Å². The third kappa shape index (κ3) is 3.85. The van der Waals surface area contributed by atoms with Crippen LogP contribution in [-0.4, -0.2) is 19.9 Å². The number of aliphatic imine (C=N–C) groups is 1. The molecule has 4 heteroatoms. The minimum Gasteiger partial charge on any atom is -0.256 e. The Balaban J connectivity index is 2.01. The van der Waals surface area contributed by atoms with Gasteiger partial charge < -0.3 is 0 Å². The number of sulfone groups is 1. The summed E-state index contributed by atoms with van der Waals surface area (Å²) in [7, 11) is -3.17. The van der Waals surface area contributed by atoms with Crippen LogP contribution in [-0.2, 0) is 9.84 Å². The highest BCUT2D eigenvalue weighted by Gasteiger charge is 2.38. The second kappa shape index (κ2) is 7.39. The van der Waals surface area contributed by atoms with Gasteiger partial charge in [0.1, 0.15) is 0 Å². The Morgan fingerprint density at radius 2 is 1.86 bits per heavy atom. The van der Waals surface area contributed by atoms with E-state index in [1.54, 1.807) is 12.3 Å². The van der Waals surface area contributed by atoms with E-state index >= 15 is 0 Å². The molecule has 0 aliphatic carbocycles. The normalized spacial score (nSPS) is 23.8. The number of fused-ring (bicyclic) bond motifs is 1. The zero-order valence-corrected chi connectivity index (χ0v) is 14.0. The number of allylic oxidation sites excluding steroid dienone is 1. The maximum absolute atomic E-state index is 12.5. The molecule has 0 aromatic carbocycles. The van der Waals surface area contributed by atoms with E-state index in [2.05, 4.69) is 18.8 Å². The summed E-state index contributed by atoms with van der Waals surface area (Å²) in [4.78, 5) is 4.59. The summed E-state index contributed by atoms with van der Waals surface area (Å²) in [6, 6.07) is 0. The number of rotatable bonds is 9. The lowest BCUT2D eigenvalue weighted by atomic mass is 9.91. The standard InChI is InChI=1S/C17H27NO2S/c1-3-5-7-9-14(8-6-4-2)12-15-13-16-17(10-11-18-16)21(15,19)20/h10-11,13-15H,3-9,12H2,1-2H3. The van der Waals surface area contributed by atoms with Crippen molar-refractivity contribution in [3.05, 3.63) is 22.8 Å². The molecule has 0 saturated heterocycles. The fourth-order valence-electron chi connectivity index (χ4n) is 3.21. The largest absolute Gasteiger partial charge is 0.256 e. The molecule has 21 heavy (non-hydrogen) atoms. The molecule has 118 valence electrons. The van der Waals surface area contributed by atoms with Gasteiger partial charge in [0.2, 0.25) is 0 Å². The van der Waals surface area contributed by atoms with Crippen LogP contribution in [0.1, 0.15) is 65.2 Å². The Labute approximate surface area is 129 Å². The molecule has 0 radical (unpaired) electrons. The van der Waals surface area contributed by atoms with Gasteiger partial charge in [0.25, 0.3) is 0 Å². The lowest BCUT2D eigenvalue weighted by Gasteiger charge is -2.19. The van der Waals surface area contributed by atoms with Crippen molar-refractivity contribution in [3.8, 4) is 0 Å². The minimum absolute atomic E-state index is 0.348. The van der Waals surface area contributed by atoms with Crippen molar-refractivity contribution in [3.63, 3.8) is 0 Å². The predicted octanol–water partition coefficient (Wildman–Crippen LogP) is 4.41. The van der Waals surface area contributed by atoms with Crippen LogP contribution in [0, 0.1) is 5.92 Å². The van der Waals surface area contributed by atoms with Gasteiger partial charge in [-0.15, -0.1) is 0 Å². The van der Waals surface area contributed by atoms with Crippen LogP contribution < -0.4 is 0 Å². The molecule has 2 heterocycles. The van der Waals surface area contributed by atoms with E-state index in [-0.39, 0.29) is 5.25 Å². The van der Waals surface area contributed by atoms with Crippen molar-refractivity contribution >= 4 is 16.1 Å². The van der Waals surface area contributed by atoms with Crippen LogP contribution >= 0.6 is 0 Å². The summed E-state index contributed by atoms with van der Waals surface area (Å²) in [6.07, 6.45) is 14.2. The molecule has 0 spiro atoms. The zero-order valence-electron chi connectivity index (χ0n) is 13.2. The van der Waals surface area contributed by atoms with Crippen LogP contribution in [0.5, 0.6) is 0 Å². The van der Waals surface area contributed by atoms with Gasteiger partial charge in [0.15, 0.2) is 9.84 Å². The van der Waals surface area contributed by atoms with E-state index in [1.165, 1.54) is 32.1 Å². The van der Waals surface area contributed by atoms with E-state index in [1.807, 2.05) is 6.08 Å². The van der Waals surface area contributed by atoms with Crippen molar-refractivity contribution in [1.82, 2.24) is 0 Å². The highest BCUT2D eigenvalue weighted by molar-refractivity contribution is 7.96. The lowest BCUT2D eigenvalue weighted by molar-refractivity contribution is 0.392. The monoisotopic (exact) mass is 309 g/mol. The van der Waals surface area contributed by atoms with Crippen molar-refractivity contribution in [2.45, 2.75) is 70.5 Å². The SMILES string of the molecule is CCCCCC(CCCC)CC1C=C2N=CC=C2S1(=O)=O. The van der Waals surface area contributed by atoms with Gasteiger partial charge in [-0.25, -0.2) is 8.42 Å². The van der Waals surface area contributed by atoms with Gasteiger partial charge in [-0.05, 0) is 24.5 Å². The third-order valence-electron chi connectivity index (χ3n) is 4.49. The molecule has 0 amide bonds. The van der Waals surface area contributed by atoms with Crippen LogP contribution in [0.2, 0.25) is 0 Å². The Hall–Kier alpha value is -0.900. The highest BCUT2D eigenvalue weighted by Crippen LogP contribution is 2.37. The van der Waals surface area contributed by atoms with Gasteiger partial charge in [0, 0.05) is 6.21 Å². The number of nitrogens with zero attached hydrogens (tertiary/aromatic N) is 1. The number of hydrogen-bond donors (Lipinski definition) is 0. The molecule has 2 aliphatic rings. The molecule has 2 atom stereocenters. The van der Waals surface area contributed by atoms with Gasteiger partial charge in [-0.3, -0.25) is 4.99 Å². The van der Waals surface area contributed by atoms with Crippen molar-refractivity contribution in [1.29, 1.82) is 0 Å². The van der Waals surface area contributed by atoms with Crippen molar-refractivity contribution in [2.24, 2.45) is 10.9 Å². The maximum atomic E-state index is 12.5. The first-order valence-electron chi connectivity index (χ1n) is 8.30. The lowest BCUT2D eigenvalue weighted by Crippen LogP contribution is -2.20. The predicted molar refractivity (Wildman–Crippen MR) is 89.1 cm³/mol. The highest BCUT2D eigenvalue weighted by atomic mass is 32.2. The molecule has 2 unspecified atom stereocenters. The summed E-state index contributed by atoms with van der Waals surface area (Å²) >= 11 is 0. The second-order valence-corrected chi connectivity index (χ2v) is 8.32. The van der Waals surface area contributed by atoms with E-state index in [0.29, 0.717) is 16.5 Å². The zero-order chi connectivity index (χ0) is 15.3. The average molecular weight is 309 g/mol. The van der Waals surface area contributed by atoms with Crippen LogP contribution in [0.3, 0.4) is 0 Å². The second-order valence-electron chi connectivity index (χ2n) is 6.18. The first kappa shape index (κ1) is 16.5. The van der Waals surface area contributed by atoms with E-state index < -0.39 is 9.84 Å². The fourth-order valence-corrected chi connectivity index (χ4v) is 5.03. The number of hydrogen-bond acceptors (Lipinski definition) is 3. The molecular formula is C17H27NO2S. The summed E-state index contributed by atoms with van der Waals surface area (Å²) in [5, 5.41) is -0.348. The molecule has 2 rings (SSSR count). The Kier molecular flexibility index (Phi) is 5.80. The molecule has 0 N–H and O–H groups in total. The van der Waals surface area contributed by atoms with E-state index in [9.17, 15) is 8.42 Å². The minimum atomic E-state index is -3.17. The first-order chi connectivity index (χ1) is 10.1. The smallest absolute Gasteiger partial charge is 0.187 e. The molecule has 0 fully saturated rings. The maximum Gasteiger partial charge on any atom is 0.187 e. The van der Waals surface area contributed by atoms with Crippen LogP contribution in [0.4, 0.5) is 0 Å². The molecule has 0 saturated carbocycles. The van der Waals surface area contributed by atoms with Gasteiger partial charge in [-0.2, -0.15) is 0 Å². The molecule has 3 nitrogen and oxygen atoms in total. The van der Waals surface area contributed by atoms with Gasteiger partial charge in [-0.1, -0.05) is 58.8 Å². The molecule has 0 aromatic rings. The Morgan fingerprint density at radius 1 is 1.14 bits per heavy atom. The van der Waals surface area contributed by atoms with Crippen molar-refractivity contribution < 1.29 is 8.42 Å². The molecule has 2 aliphatic heterocycles. The summed E-state index contributed by atoms with van der Waals surface area (Å²) in [5.41, 5.74) is 0.669. The molecular weight excluding hydrogens is 282 g/mol. The fraction of sp³-hybridized carbons (Fsp3) is 0.706. The quantitative estimate of drug-likeness (QED) is 0.592. The van der Waals surface area contributed by atoms with Gasteiger partial charge in [0.05, 0.1) is 15.9 Å². The Bertz CT molecular complexity index is 543. The summed E-state index contributed by atoms with van der Waals surface area (Å²) in [5.74, 6) is 0.525. The van der Waals surface area contributed by atoms with Crippen molar-refractivity contribution in [2.75, 3.05) is 0 Å². The van der Waals surface area contributed by atoms with Crippen LogP contribution in [0.25, 0.3) is 0 Å². The van der Waals surface area contributed by atoms with Crippen LogP contribution in [0.15, 0.2) is 27.7 Å². The van der Waals surface area contributed by atoms with E-state index in [0.717, 1.165) is 19.3 Å².